The number of carboxylic acids is 1. The molecule has 0 aliphatic rings. The average molecular weight is 287 g/mol. The number of carboxylic acid groups (broad SMARTS) is 1. The van der Waals surface area contributed by atoms with Crippen molar-refractivity contribution >= 4 is 21.9 Å². The number of aromatic carboxylic acids is 1. The number of rotatable bonds is 1. The zero-order valence-electron chi connectivity index (χ0n) is 6.90. The van der Waals surface area contributed by atoms with Crippen LogP contribution in [0.2, 0.25) is 0 Å². The molecule has 0 unspecified atom stereocenters. The molecular weight excluding hydrogens is 284 g/mol. The van der Waals surface area contributed by atoms with Crippen molar-refractivity contribution in [1.82, 2.24) is 0 Å². The van der Waals surface area contributed by atoms with E-state index >= 15 is 0 Å². The minimum atomic E-state index is -4.92. The highest BCUT2D eigenvalue weighted by molar-refractivity contribution is 9.10. The van der Waals surface area contributed by atoms with E-state index in [-0.39, 0.29) is 0 Å². The Balaban J connectivity index is 3.60. The topological polar surface area (TPSA) is 37.3 Å². The van der Waals surface area contributed by atoms with E-state index in [0.717, 1.165) is 6.07 Å². The Labute approximate surface area is 89.6 Å². The first-order chi connectivity index (χ1) is 6.75. The molecule has 0 radical (unpaired) electrons. The first kappa shape index (κ1) is 12.0. The molecule has 0 bridgehead atoms. The molecule has 0 saturated heterocycles. The van der Waals surface area contributed by atoms with Crippen molar-refractivity contribution in [2.45, 2.75) is 6.18 Å². The molecule has 7 heteroatoms. The molecule has 0 heterocycles. The Morgan fingerprint density at radius 2 is 1.87 bits per heavy atom. The summed E-state index contributed by atoms with van der Waals surface area (Å²) in [6.45, 7) is 0. The molecule has 82 valence electrons. The van der Waals surface area contributed by atoms with E-state index in [4.69, 9.17) is 5.11 Å². The molecule has 0 aliphatic heterocycles. The Hall–Kier alpha value is -1.11. The number of alkyl halides is 3. The zero-order chi connectivity index (χ0) is 11.8. The summed E-state index contributed by atoms with van der Waals surface area (Å²) in [7, 11) is 0. The molecule has 0 aromatic heterocycles. The summed E-state index contributed by atoms with van der Waals surface area (Å²) in [5, 5.41) is 8.47. The van der Waals surface area contributed by atoms with E-state index in [1.165, 1.54) is 0 Å². The SMILES string of the molecule is O=C(O)c1c(F)ccc(Br)c1C(F)(F)F. The van der Waals surface area contributed by atoms with Crippen LogP contribution < -0.4 is 0 Å². The van der Waals surface area contributed by atoms with Crippen molar-refractivity contribution < 1.29 is 27.5 Å². The molecule has 0 saturated carbocycles. The molecular formula is C8H3BrF4O2. The van der Waals surface area contributed by atoms with E-state index in [9.17, 15) is 22.4 Å². The van der Waals surface area contributed by atoms with Crippen LogP contribution >= 0.6 is 15.9 Å². The molecule has 1 aromatic rings. The van der Waals surface area contributed by atoms with Crippen LogP contribution in [0.1, 0.15) is 15.9 Å². The van der Waals surface area contributed by atoms with Crippen molar-refractivity contribution in [1.29, 1.82) is 0 Å². The summed E-state index contributed by atoms with van der Waals surface area (Å²) >= 11 is 2.54. The fourth-order valence-electron chi connectivity index (χ4n) is 1.04. The summed E-state index contributed by atoms with van der Waals surface area (Å²) in [6.07, 6.45) is -4.92. The highest BCUT2D eigenvalue weighted by Gasteiger charge is 2.39. The number of halogens is 5. The Bertz CT molecular complexity index is 414. The van der Waals surface area contributed by atoms with Crippen LogP contribution in [-0.2, 0) is 6.18 Å². The van der Waals surface area contributed by atoms with Crippen molar-refractivity contribution in [2.75, 3.05) is 0 Å². The molecule has 15 heavy (non-hydrogen) atoms. The van der Waals surface area contributed by atoms with Gasteiger partial charge in [-0.25, -0.2) is 9.18 Å². The second-order valence-corrected chi connectivity index (χ2v) is 3.44. The lowest BCUT2D eigenvalue weighted by Gasteiger charge is -2.12. The third kappa shape index (κ3) is 2.28. The first-order valence-corrected chi connectivity index (χ1v) is 4.33. The second-order valence-electron chi connectivity index (χ2n) is 2.58. The van der Waals surface area contributed by atoms with Crippen LogP contribution in [0, 0.1) is 5.82 Å². The maximum absolute atomic E-state index is 12.9. The monoisotopic (exact) mass is 286 g/mol. The minimum Gasteiger partial charge on any atom is -0.478 e. The normalized spacial score (nSPS) is 11.5. The van der Waals surface area contributed by atoms with Gasteiger partial charge < -0.3 is 5.11 Å². The Morgan fingerprint density at radius 1 is 1.33 bits per heavy atom. The van der Waals surface area contributed by atoms with E-state index in [1.807, 2.05) is 0 Å². The van der Waals surface area contributed by atoms with Crippen molar-refractivity contribution in [2.24, 2.45) is 0 Å². The van der Waals surface area contributed by atoms with Crippen molar-refractivity contribution in [3.05, 3.63) is 33.5 Å². The van der Waals surface area contributed by atoms with Crippen LogP contribution in [0.15, 0.2) is 16.6 Å². The van der Waals surface area contributed by atoms with Crippen molar-refractivity contribution in [3.63, 3.8) is 0 Å². The summed E-state index contributed by atoms with van der Waals surface area (Å²) in [4.78, 5) is 10.5. The van der Waals surface area contributed by atoms with Crippen LogP contribution in [0.3, 0.4) is 0 Å². The molecule has 1 N–H and O–H groups in total. The Morgan fingerprint density at radius 3 is 2.20 bits per heavy atom. The summed E-state index contributed by atoms with van der Waals surface area (Å²) in [6, 6.07) is 1.47. The third-order valence-corrected chi connectivity index (χ3v) is 2.26. The number of benzene rings is 1. The summed E-state index contributed by atoms with van der Waals surface area (Å²) in [5.74, 6) is -3.38. The lowest BCUT2D eigenvalue weighted by molar-refractivity contribution is -0.138. The van der Waals surface area contributed by atoms with Gasteiger partial charge in [0.1, 0.15) is 11.4 Å². The van der Waals surface area contributed by atoms with Gasteiger partial charge in [0.2, 0.25) is 0 Å². The summed E-state index contributed by atoms with van der Waals surface area (Å²) < 4.78 is 49.6. The largest absolute Gasteiger partial charge is 0.478 e. The predicted octanol–water partition coefficient (Wildman–Crippen LogP) is 3.31. The quantitative estimate of drug-likeness (QED) is 0.805. The second kappa shape index (κ2) is 3.80. The van der Waals surface area contributed by atoms with Gasteiger partial charge in [0, 0.05) is 4.47 Å². The zero-order valence-corrected chi connectivity index (χ0v) is 8.49. The van der Waals surface area contributed by atoms with Gasteiger partial charge in [-0.15, -0.1) is 0 Å². The van der Waals surface area contributed by atoms with Crippen LogP contribution in [-0.4, -0.2) is 11.1 Å². The molecule has 0 aliphatic carbocycles. The maximum atomic E-state index is 12.9. The fraction of sp³-hybridized carbons (Fsp3) is 0.125. The highest BCUT2D eigenvalue weighted by atomic mass is 79.9. The maximum Gasteiger partial charge on any atom is 0.418 e. The molecule has 1 rings (SSSR count). The minimum absolute atomic E-state index is 0.506. The first-order valence-electron chi connectivity index (χ1n) is 3.53. The van der Waals surface area contributed by atoms with Gasteiger partial charge in [0.05, 0.1) is 5.56 Å². The van der Waals surface area contributed by atoms with Gasteiger partial charge in [0.25, 0.3) is 0 Å². The van der Waals surface area contributed by atoms with E-state index in [0.29, 0.717) is 6.07 Å². The van der Waals surface area contributed by atoms with E-state index < -0.39 is 33.6 Å². The van der Waals surface area contributed by atoms with Crippen LogP contribution in [0.5, 0.6) is 0 Å². The molecule has 1 aromatic carbocycles. The third-order valence-electron chi connectivity index (χ3n) is 1.60. The lowest BCUT2D eigenvalue weighted by Crippen LogP contribution is -2.15. The fourth-order valence-corrected chi connectivity index (χ4v) is 1.59. The van der Waals surface area contributed by atoms with Gasteiger partial charge in [0.15, 0.2) is 0 Å². The van der Waals surface area contributed by atoms with Crippen LogP contribution in [0.25, 0.3) is 0 Å². The Kier molecular flexibility index (Phi) is 3.03. The van der Waals surface area contributed by atoms with Crippen LogP contribution in [0.4, 0.5) is 17.6 Å². The number of carbonyl (C=O) groups is 1. The molecule has 0 spiro atoms. The van der Waals surface area contributed by atoms with Gasteiger partial charge in [-0.2, -0.15) is 13.2 Å². The molecule has 2 nitrogen and oxygen atoms in total. The van der Waals surface area contributed by atoms with E-state index in [1.54, 1.807) is 0 Å². The van der Waals surface area contributed by atoms with Gasteiger partial charge in [-0.3, -0.25) is 0 Å². The molecule has 0 amide bonds. The van der Waals surface area contributed by atoms with Gasteiger partial charge in [-0.05, 0) is 12.1 Å². The smallest absolute Gasteiger partial charge is 0.418 e. The standard InChI is InChI=1S/C8H3BrF4O2/c9-3-1-2-4(10)5(7(14)15)6(3)8(11,12)13/h1-2H,(H,14,15). The summed E-state index contributed by atoms with van der Waals surface area (Å²) in [5.41, 5.74) is -2.90. The van der Waals surface area contributed by atoms with Gasteiger partial charge in [-0.1, -0.05) is 15.9 Å². The number of hydrogen-bond acceptors (Lipinski definition) is 1. The number of hydrogen-bond donors (Lipinski definition) is 1. The van der Waals surface area contributed by atoms with E-state index in [2.05, 4.69) is 15.9 Å². The lowest BCUT2D eigenvalue weighted by atomic mass is 10.1. The predicted molar refractivity (Wildman–Crippen MR) is 46.1 cm³/mol. The average Bonchev–Trinajstić information content (AvgIpc) is 2.05. The van der Waals surface area contributed by atoms with Crippen molar-refractivity contribution in [3.8, 4) is 0 Å². The molecule has 0 atom stereocenters. The molecule has 0 fully saturated rings. The van der Waals surface area contributed by atoms with Gasteiger partial charge >= 0.3 is 12.1 Å². The highest BCUT2D eigenvalue weighted by Crippen LogP contribution is 2.38.